The molecule has 2 aromatic rings. The second-order valence-corrected chi connectivity index (χ2v) is 3.88. The van der Waals surface area contributed by atoms with Gasteiger partial charge in [-0.2, -0.15) is 4.57 Å². The first kappa shape index (κ1) is 11.2. The highest BCUT2D eigenvalue weighted by molar-refractivity contribution is 14.1. The Morgan fingerprint density at radius 3 is 2.54 bits per heavy atom. The van der Waals surface area contributed by atoms with Gasteiger partial charge in [0.25, 0.3) is 0 Å². The highest BCUT2D eigenvalue weighted by Gasteiger charge is 2.06. The molecule has 0 amide bonds. The lowest BCUT2D eigenvalue weighted by molar-refractivity contribution is -0.658. The van der Waals surface area contributed by atoms with Gasteiger partial charge in [-0.15, -0.1) is 0 Å². The zero-order valence-corrected chi connectivity index (χ0v) is 11.5. The molecule has 0 radical (unpaired) electrons. The Hall–Kier alpha value is 0.0900. The minimum Gasteiger partial charge on any atom is -1.00 e. The van der Waals surface area contributed by atoms with Crippen molar-refractivity contribution in [2.75, 3.05) is 0 Å². The van der Waals surface area contributed by atoms with Crippen LogP contribution in [0.2, 0.25) is 0 Å². The number of nitrogens with zero attached hydrogens (tertiary/aromatic N) is 1. The van der Waals surface area contributed by atoms with Gasteiger partial charge >= 0.3 is 0 Å². The fourth-order valence-corrected chi connectivity index (χ4v) is 1.76. The van der Waals surface area contributed by atoms with Crippen molar-refractivity contribution in [1.29, 1.82) is 0 Å². The molecule has 13 heavy (non-hydrogen) atoms. The SMILES string of the molecule is C[n+]1c(I)ccc2ccccc21.[I-]. The quantitative estimate of drug-likeness (QED) is 0.314. The van der Waals surface area contributed by atoms with Crippen molar-refractivity contribution in [2.45, 2.75) is 0 Å². The molecule has 0 aliphatic rings. The van der Waals surface area contributed by atoms with E-state index in [4.69, 9.17) is 0 Å². The van der Waals surface area contributed by atoms with Crippen LogP contribution in [0, 0.1) is 3.70 Å². The molecule has 0 aliphatic carbocycles. The van der Waals surface area contributed by atoms with Crippen molar-refractivity contribution in [3.05, 3.63) is 40.1 Å². The largest absolute Gasteiger partial charge is 1.00 e. The second-order valence-electron chi connectivity index (χ2n) is 2.77. The van der Waals surface area contributed by atoms with Crippen LogP contribution in [0.3, 0.4) is 0 Å². The molecule has 1 heterocycles. The normalized spacial score (nSPS) is 9.69. The smallest absolute Gasteiger partial charge is 0.241 e. The molecule has 3 heteroatoms. The highest BCUT2D eigenvalue weighted by Crippen LogP contribution is 2.10. The Labute approximate surface area is 108 Å². The van der Waals surface area contributed by atoms with Crippen LogP contribution in [0.4, 0.5) is 0 Å². The van der Waals surface area contributed by atoms with E-state index < -0.39 is 0 Å². The van der Waals surface area contributed by atoms with Crippen LogP contribution in [-0.2, 0) is 7.05 Å². The molecule has 0 N–H and O–H groups in total. The minimum absolute atomic E-state index is 0. The molecule has 0 fully saturated rings. The summed E-state index contributed by atoms with van der Waals surface area (Å²) in [5.74, 6) is 0. The van der Waals surface area contributed by atoms with Crippen LogP contribution >= 0.6 is 22.6 Å². The number of benzene rings is 1. The molecular formula is C10H9I2N. The van der Waals surface area contributed by atoms with Crippen LogP contribution in [-0.4, -0.2) is 0 Å². The number of halogens is 2. The first-order chi connectivity index (χ1) is 5.79. The van der Waals surface area contributed by atoms with E-state index in [2.05, 4.69) is 70.6 Å². The highest BCUT2D eigenvalue weighted by atomic mass is 127. The monoisotopic (exact) mass is 397 g/mol. The Morgan fingerprint density at radius 2 is 1.77 bits per heavy atom. The van der Waals surface area contributed by atoms with Crippen molar-refractivity contribution >= 4 is 33.5 Å². The molecule has 0 saturated carbocycles. The molecule has 0 atom stereocenters. The minimum atomic E-state index is 0. The van der Waals surface area contributed by atoms with E-state index in [1.54, 1.807) is 0 Å². The molecular weight excluding hydrogens is 388 g/mol. The summed E-state index contributed by atoms with van der Waals surface area (Å²) >= 11 is 2.34. The number of para-hydroxylation sites is 1. The third-order valence-corrected chi connectivity index (χ3v) is 3.10. The van der Waals surface area contributed by atoms with Crippen LogP contribution in [0.25, 0.3) is 10.9 Å². The average Bonchev–Trinajstić information content (AvgIpc) is 2.12. The first-order valence-corrected chi connectivity index (χ1v) is 4.90. The van der Waals surface area contributed by atoms with Crippen LogP contribution in [0.1, 0.15) is 0 Å². The Bertz CT molecular complexity index is 426. The van der Waals surface area contributed by atoms with Gasteiger partial charge in [0, 0.05) is 40.1 Å². The van der Waals surface area contributed by atoms with E-state index in [1.807, 2.05) is 0 Å². The van der Waals surface area contributed by atoms with Crippen LogP contribution in [0.15, 0.2) is 36.4 Å². The Kier molecular flexibility index (Phi) is 3.90. The van der Waals surface area contributed by atoms with Crippen molar-refractivity contribution in [3.8, 4) is 0 Å². The predicted octanol–water partition coefficient (Wildman–Crippen LogP) is -0.727. The molecule has 1 aromatic heterocycles. The number of pyridine rings is 1. The summed E-state index contributed by atoms with van der Waals surface area (Å²) in [7, 11) is 2.09. The lowest BCUT2D eigenvalue weighted by atomic mass is 10.2. The Morgan fingerprint density at radius 1 is 1.08 bits per heavy atom. The molecule has 0 unspecified atom stereocenters. The number of aromatic nitrogens is 1. The van der Waals surface area contributed by atoms with Gasteiger partial charge in [-0.3, -0.25) is 0 Å². The first-order valence-electron chi connectivity index (χ1n) is 3.82. The fraction of sp³-hybridized carbons (Fsp3) is 0.100. The standard InChI is InChI=1S/C10H9IN.HI/c1-12-9-5-3-2-4-8(9)6-7-10(12)11;/h2-7H,1H3;1H/q+1;/p-1. The van der Waals surface area contributed by atoms with Gasteiger partial charge in [0.15, 0.2) is 0 Å². The number of hydrogen-bond acceptors (Lipinski definition) is 0. The third-order valence-electron chi connectivity index (χ3n) is 2.02. The Balaban J connectivity index is 0.000000845. The number of hydrogen-bond donors (Lipinski definition) is 0. The van der Waals surface area contributed by atoms with Gasteiger partial charge in [0.2, 0.25) is 9.22 Å². The summed E-state index contributed by atoms with van der Waals surface area (Å²) in [5, 5.41) is 1.29. The van der Waals surface area contributed by atoms with Crippen molar-refractivity contribution in [2.24, 2.45) is 7.05 Å². The molecule has 0 spiro atoms. The van der Waals surface area contributed by atoms with Crippen LogP contribution in [0.5, 0.6) is 0 Å². The maximum atomic E-state index is 2.34. The zero-order chi connectivity index (χ0) is 8.55. The van der Waals surface area contributed by atoms with Crippen molar-refractivity contribution in [3.63, 3.8) is 0 Å². The summed E-state index contributed by atoms with van der Waals surface area (Å²) in [5.41, 5.74) is 1.28. The van der Waals surface area contributed by atoms with Crippen LogP contribution < -0.4 is 28.5 Å². The van der Waals surface area contributed by atoms with Gasteiger partial charge in [-0.05, 0) is 12.1 Å². The number of aryl methyl sites for hydroxylation is 1. The molecule has 68 valence electrons. The molecule has 0 bridgehead atoms. The lowest BCUT2D eigenvalue weighted by Gasteiger charge is -1.96. The summed E-state index contributed by atoms with van der Waals surface area (Å²) in [6, 6.07) is 12.7. The van der Waals surface area contributed by atoms with Crippen molar-refractivity contribution < 1.29 is 28.5 Å². The molecule has 1 nitrogen and oxygen atoms in total. The summed E-state index contributed by atoms with van der Waals surface area (Å²) in [6.45, 7) is 0. The summed E-state index contributed by atoms with van der Waals surface area (Å²) in [4.78, 5) is 0. The maximum absolute atomic E-state index is 2.34. The van der Waals surface area contributed by atoms with Gasteiger partial charge in [-0.1, -0.05) is 12.1 Å². The molecule has 2 rings (SSSR count). The number of fused-ring (bicyclic) bond motifs is 1. The van der Waals surface area contributed by atoms with Crippen molar-refractivity contribution in [1.82, 2.24) is 0 Å². The maximum Gasteiger partial charge on any atom is 0.241 e. The molecule has 1 aromatic carbocycles. The number of rotatable bonds is 0. The summed E-state index contributed by atoms with van der Waals surface area (Å²) in [6.07, 6.45) is 0. The second kappa shape index (κ2) is 4.54. The van der Waals surface area contributed by atoms with E-state index in [0.717, 1.165) is 0 Å². The van der Waals surface area contributed by atoms with E-state index in [1.165, 1.54) is 14.6 Å². The van der Waals surface area contributed by atoms with Gasteiger partial charge in [-0.25, -0.2) is 0 Å². The zero-order valence-electron chi connectivity index (χ0n) is 7.17. The van der Waals surface area contributed by atoms with Gasteiger partial charge in [0.05, 0.1) is 0 Å². The van der Waals surface area contributed by atoms with E-state index in [0.29, 0.717) is 0 Å². The van der Waals surface area contributed by atoms with E-state index in [9.17, 15) is 0 Å². The lowest BCUT2D eigenvalue weighted by Crippen LogP contribution is -3.00. The van der Waals surface area contributed by atoms with E-state index in [-0.39, 0.29) is 24.0 Å². The average molecular weight is 397 g/mol. The fourth-order valence-electron chi connectivity index (χ4n) is 1.32. The van der Waals surface area contributed by atoms with E-state index >= 15 is 0 Å². The molecule has 0 saturated heterocycles. The third kappa shape index (κ3) is 2.12. The van der Waals surface area contributed by atoms with Gasteiger partial charge < -0.3 is 24.0 Å². The topological polar surface area (TPSA) is 3.88 Å². The van der Waals surface area contributed by atoms with Gasteiger partial charge in [0.1, 0.15) is 7.05 Å². The molecule has 0 aliphatic heterocycles. The summed E-state index contributed by atoms with van der Waals surface area (Å²) < 4.78 is 3.45. The predicted molar refractivity (Wildman–Crippen MR) is 57.8 cm³/mol.